The summed E-state index contributed by atoms with van der Waals surface area (Å²) < 4.78 is 0. The second kappa shape index (κ2) is 7.55. The van der Waals surface area contributed by atoms with Crippen molar-refractivity contribution in [1.29, 1.82) is 0 Å². The van der Waals surface area contributed by atoms with Crippen molar-refractivity contribution in [1.82, 2.24) is 5.43 Å². The Hall–Kier alpha value is -2.42. The fourth-order valence-corrected chi connectivity index (χ4v) is 2.25. The smallest absolute Gasteiger partial charge is 0.267 e. The minimum atomic E-state index is -0.189. The molecule has 0 aliphatic heterocycles. The van der Waals surface area contributed by atoms with E-state index in [9.17, 15) is 4.79 Å². The van der Waals surface area contributed by atoms with E-state index in [1.165, 1.54) is 5.56 Å². The van der Waals surface area contributed by atoms with E-state index in [-0.39, 0.29) is 5.91 Å². The monoisotopic (exact) mass is 294 g/mol. The number of rotatable bonds is 5. The number of amides is 1. The number of hydrazone groups is 1. The highest BCUT2D eigenvalue weighted by Gasteiger charge is 2.05. The summed E-state index contributed by atoms with van der Waals surface area (Å²) in [4.78, 5) is 12.1. The Bertz CT molecular complexity index is 672. The number of carbonyl (C=O) groups is 1. The molecule has 1 N–H and O–H groups in total. The van der Waals surface area contributed by atoms with Crippen molar-refractivity contribution in [2.45, 2.75) is 33.6 Å². The summed E-state index contributed by atoms with van der Waals surface area (Å²) in [6.07, 6.45) is 2.22. The fourth-order valence-electron chi connectivity index (χ4n) is 2.25. The van der Waals surface area contributed by atoms with Gasteiger partial charge in [-0.1, -0.05) is 55.3 Å². The zero-order chi connectivity index (χ0) is 15.9. The molecule has 0 unspecified atom stereocenters. The predicted octanol–water partition coefficient (Wildman–Crippen LogP) is 4.10. The van der Waals surface area contributed by atoms with Gasteiger partial charge in [0.25, 0.3) is 5.91 Å². The third-order valence-corrected chi connectivity index (χ3v) is 3.52. The largest absolute Gasteiger partial charge is 0.271 e. The highest BCUT2D eigenvalue weighted by atomic mass is 16.2. The number of aryl methyl sites for hydroxylation is 2. The molecular weight excluding hydrogens is 272 g/mol. The van der Waals surface area contributed by atoms with Gasteiger partial charge in [-0.25, -0.2) is 5.43 Å². The molecule has 0 heterocycles. The topological polar surface area (TPSA) is 41.5 Å². The molecule has 2 rings (SSSR count). The average molecular weight is 294 g/mol. The number of hydrogen-bond acceptors (Lipinski definition) is 2. The molecule has 0 fully saturated rings. The maximum absolute atomic E-state index is 12.1. The summed E-state index contributed by atoms with van der Waals surface area (Å²) in [5.41, 5.74) is 7.42. The maximum atomic E-state index is 12.1. The Kier molecular flexibility index (Phi) is 5.48. The quantitative estimate of drug-likeness (QED) is 0.654. The number of hydrogen-bond donors (Lipinski definition) is 1. The van der Waals surface area contributed by atoms with Crippen molar-refractivity contribution in [3.8, 4) is 0 Å². The SMILES string of the molecule is CCCc1ccc(/C(C)=N/NC(=O)c2cccc(C)c2)cc1. The first-order valence-electron chi connectivity index (χ1n) is 7.60. The molecular formula is C19H22N2O. The van der Waals surface area contributed by atoms with E-state index in [4.69, 9.17) is 0 Å². The zero-order valence-corrected chi connectivity index (χ0v) is 13.4. The number of carbonyl (C=O) groups excluding carboxylic acids is 1. The zero-order valence-electron chi connectivity index (χ0n) is 13.4. The molecule has 0 aromatic heterocycles. The Morgan fingerprint density at radius 3 is 2.45 bits per heavy atom. The van der Waals surface area contributed by atoms with Crippen LogP contribution in [0.5, 0.6) is 0 Å². The normalized spacial score (nSPS) is 11.3. The lowest BCUT2D eigenvalue weighted by Crippen LogP contribution is -2.19. The molecule has 114 valence electrons. The van der Waals surface area contributed by atoms with Crippen molar-refractivity contribution in [2.75, 3.05) is 0 Å². The highest BCUT2D eigenvalue weighted by Crippen LogP contribution is 2.08. The Balaban J connectivity index is 2.04. The first kappa shape index (κ1) is 16.0. The van der Waals surface area contributed by atoms with E-state index in [2.05, 4.69) is 29.6 Å². The minimum absolute atomic E-state index is 0.189. The molecule has 0 aliphatic carbocycles. The van der Waals surface area contributed by atoms with Gasteiger partial charge in [-0.15, -0.1) is 0 Å². The summed E-state index contributed by atoms with van der Waals surface area (Å²) in [7, 11) is 0. The van der Waals surface area contributed by atoms with Crippen LogP contribution in [0.1, 0.15) is 47.3 Å². The van der Waals surface area contributed by atoms with Crippen molar-refractivity contribution in [3.63, 3.8) is 0 Å². The van der Waals surface area contributed by atoms with Crippen LogP contribution in [0.4, 0.5) is 0 Å². The molecule has 3 nitrogen and oxygen atoms in total. The molecule has 2 aromatic rings. The van der Waals surface area contributed by atoms with Gasteiger partial charge in [0.15, 0.2) is 0 Å². The fraction of sp³-hybridized carbons (Fsp3) is 0.263. The molecule has 3 heteroatoms. The number of nitrogens with zero attached hydrogens (tertiary/aromatic N) is 1. The van der Waals surface area contributed by atoms with Gasteiger partial charge in [-0.05, 0) is 43.5 Å². The van der Waals surface area contributed by atoms with E-state index in [1.807, 2.05) is 44.2 Å². The van der Waals surface area contributed by atoms with Crippen LogP contribution in [-0.4, -0.2) is 11.6 Å². The second-order valence-corrected chi connectivity index (χ2v) is 5.45. The molecule has 22 heavy (non-hydrogen) atoms. The molecule has 2 aromatic carbocycles. The molecule has 0 aliphatic rings. The maximum Gasteiger partial charge on any atom is 0.271 e. The van der Waals surface area contributed by atoms with Crippen LogP contribution in [0.15, 0.2) is 53.6 Å². The molecule has 0 spiro atoms. The van der Waals surface area contributed by atoms with Crippen molar-refractivity contribution >= 4 is 11.6 Å². The Labute approximate surface area is 132 Å². The van der Waals surface area contributed by atoms with Crippen molar-refractivity contribution < 1.29 is 4.79 Å². The molecule has 0 atom stereocenters. The number of benzene rings is 2. The van der Waals surface area contributed by atoms with E-state index >= 15 is 0 Å². The van der Waals surface area contributed by atoms with Gasteiger partial charge in [0, 0.05) is 5.56 Å². The van der Waals surface area contributed by atoms with E-state index in [0.29, 0.717) is 5.56 Å². The van der Waals surface area contributed by atoms with Crippen LogP contribution in [0.2, 0.25) is 0 Å². The third-order valence-electron chi connectivity index (χ3n) is 3.52. The van der Waals surface area contributed by atoms with Crippen LogP contribution in [0.25, 0.3) is 0 Å². The summed E-state index contributed by atoms with van der Waals surface area (Å²) in [5, 5.41) is 4.19. The predicted molar refractivity (Wildman–Crippen MR) is 91.3 cm³/mol. The Morgan fingerprint density at radius 2 is 1.82 bits per heavy atom. The van der Waals surface area contributed by atoms with E-state index in [0.717, 1.165) is 29.7 Å². The van der Waals surface area contributed by atoms with Gasteiger partial charge in [-0.2, -0.15) is 5.10 Å². The lowest BCUT2D eigenvalue weighted by Gasteiger charge is -2.05. The average Bonchev–Trinajstić information content (AvgIpc) is 2.53. The number of nitrogens with one attached hydrogen (secondary N) is 1. The third kappa shape index (κ3) is 4.29. The molecule has 1 amide bonds. The highest BCUT2D eigenvalue weighted by molar-refractivity contribution is 6.00. The minimum Gasteiger partial charge on any atom is -0.267 e. The standard InChI is InChI=1S/C19H22N2O/c1-4-6-16-9-11-17(12-10-16)15(3)20-21-19(22)18-8-5-7-14(2)13-18/h5,7-13H,4,6H2,1-3H3,(H,21,22)/b20-15+. The van der Waals surface area contributed by atoms with Gasteiger partial charge >= 0.3 is 0 Å². The van der Waals surface area contributed by atoms with Crippen molar-refractivity contribution in [3.05, 3.63) is 70.8 Å². The molecule has 0 radical (unpaired) electrons. The van der Waals surface area contributed by atoms with Gasteiger partial charge in [-0.3, -0.25) is 4.79 Å². The molecule has 0 saturated carbocycles. The van der Waals surface area contributed by atoms with Crippen LogP contribution in [-0.2, 0) is 6.42 Å². The molecule has 0 bridgehead atoms. The van der Waals surface area contributed by atoms with E-state index < -0.39 is 0 Å². The summed E-state index contributed by atoms with van der Waals surface area (Å²) in [6.45, 7) is 6.02. The van der Waals surface area contributed by atoms with Gasteiger partial charge in [0.05, 0.1) is 5.71 Å². The van der Waals surface area contributed by atoms with E-state index in [1.54, 1.807) is 6.07 Å². The van der Waals surface area contributed by atoms with Crippen molar-refractivity contribution in [2.24, 2.45) is 5.10 Å². The van der Waals surface area contributed by atoms with Crippen LogP contribution in [0.3, 0.4) is 0 Å². The lowest BCUT2D eigenvalue weighted by atomic mass is 10.1. The summed E-state index contributed by atoms with van der Waals surface area (Å²) >= 11 is 0. The first-order valence-corrected chi connectivity index (χ1v) is 7.60. The van der Waals surface area contributed by atoms with Gasteiger partial charge in [0.1, 0.15) is 0 Å². The lowest BCUT2D eigenvalue weighted by molar-refractivity contribution is 0.0954. The summed E-state index contributed by atoms with van der Waals surface area (Å²) in [6, 6.07) is 15.8. The Morgan fingerprint density at radius 1 is 1.09 bits per heavy atom. The first-order chi connectivity index (χ1) is 10.6. The van der Waals surface area contributed by atoms with Gasteiger partial charge in [0.2, 0.25) is 0 Å². The second-order valence-electron chi connectivity index (χ2n) is 5.45. The summed E-state index contributed by atoms with van der Waals surface area (Å²) in [5.74, 6) is -0.189. The molecule has 0 saturated heterocycles. The van der Waals surface area contributed by atoms with Crippen LogP contribution in [0, 0.1) is 6.92 Å². The van der Waals surface area contributed by atoms with Crippen LogP contribution >= 0.6 is 0 Å². The van der Waals surface area contributed by atoms with Gasteiger partial charge < -0.3 is 0 Å². The van der Waals surface area contributed by atoms with Crippen LogP contribution < -0.4 is 5.43 Å².